The van der Waals surface area contributed by atoms with E-state index in [0.717, 1.165) is 12.2 Å². The summed E-state index contributed by atoms with van der Waals surface area (Å²) in [7, 11) is 0. The van der Waals surface area contributed by atoms with E-state index >= 15 is 0 Å². The van der Waals surface area contributed by atoms with Crippen LogP contribution in [0.25, 0.3) is 0 Å². The SMILES string of the molecule is NCC1(CNc2ccnc(C(N)=O)c2)CCCCC1. The summed E-state index contributed by atoms with van der Waals surface area (Å²) in [5, 5.41) is 3.37. The van der Waals surface area contributed by atoms with Crippen molar-refractivity contribution in [3.63, 3.8) is 0 Å². The number of rotatable bonds is 5. The third-order valence-electron chi connectivity index (χ3n) is 4.03. The number of anilines is 1. The first-order valence-electron chi connectivity index (χ1n) is 6.85. The highest BCUT2D eigenvalue weighted by Crippen LogP contribution is 2.35. The van der Waals surface area contributed by atoms with E-state index in [-0.39, 0.29) is 11.1 Å². The molecule has 1 saturated carbocycles. The van der Waals surface area contributed by atoms with Crippen LogP contribution >= 0.6 is 0 Å². The van der Waals surface area contributed by atoms with Crippen LogP contribution in [0, 0.1) is 5.41 Å². The second kappa shape index (κ2) is 6.02. The Hall–Kier alpha value is -1.62. The Morgan fingerprint density at radius 3 is 2.74 bits per heavy atom. The van der Waals surface area contributed by atoms with E-state index in [1.54, 1.807) is 12.3 Å². The van der Waals surface area contributed by atoms with E-state index in [1.165, 1.54) is 32.1 Å². The first-order chi connectivity index (χ1) is 9.15. The van der Waals surface area contributed by atoms with E-state index in [2.05, 4.69) is 10.3 Å². The van der Waals surface area contributed by atoms with Crippen molar-refractivity contribution in [3.05, 3.63) is 24.0 Å². The lowest BCUT2D eigenvalue weighted by Gasteiger charge is -2.36. The molecular formula is C14H22N4O. The molecule has 0 aliphatic heterocycles. The molecule has 104 valence electrons. The van der Waals surface area contributed by atoms with Crippen molar-refractivity contribution < 1.29 is 4.79 Å². The number of carbonyl (C=O) groups excluding carboxylic acids is 1. The maximum atomic E-state index is 11.1. The third-order valence-corrected chi connectivity index (χ3v) is 4.03. The lowest BCUT2D eigenvalue weighted by Crippen LogP contribution is -2.39. The van der Waals surface area contributed by atoms with Gasteiger partial charge in [-0.3, -0.25) is 9.78 Å². The van der Waals surface area contributed by atoms with Gasteiger partial charge < -0.3 is 16.8 Å². The average Bonchev–Trinajstić information content (AvgIpc) is 2.46. The van der Waals surface area contributed by atoms with Crippen LogP contribution in [0.15, 0.2) is 18.3 Å². The molecule has 0 radical (unpaired) electrons. The number of hydrogen-bond donors (Lipinski definition) is 3. The van der Waals surface area contributed by atoms with Gasteiger partial charge in [0.25, 0.3) is 5.91 Å². The van der Waals surface area contributed by atoms with Gasteiger partial charge >= 0.3 is 0 Å². The Kier molecular flexibility index (Phi) is 4.37. The van der Waals surface area contributed by atoms with Gasteiger partial charge in [0, 0.05) is 18.4 Å². The van der Waals surface area contributed by atoms with Crippen LogP contribution in [-0.4, -0.2) is 24.0 Å². The van der Waals surface area contributed by atoms with Crippen molar-refractivity contribution in [2.45, 2.75) is 32.1 Å². The first-order valence-corrected chi connectivity index (χ1v) is 6.85. The number of primary amides is 1. The molecule has 1 amide bonds. The number of hydrogen-bond acceptors (Lipinski definition) is 4. The van der Waals surface area contributed by atoms with Gasteiger partial charge in [-0.1, -0.05) is 19.3 Å². The molecule has 1 aliphatic carbocycles. The number of aromatic nitrogens is 1. The molecule has 1 aromatic heterocycles. The summed E-state index contributed by atoms with van der Waals surface area (Å²) in [6, 6.07) is 3.54. The Morgan fingerprint density at radius 2 is 2.11 bits per heavy atom. The Morgan fingerprint density at radius 1 is 1.37 bits per heavy atom. The number of nitrogens with one attached hydrogen (secondary N) is 1. The van der Waals surface area contributed by atoms with E-state index in [4.69, 9.17) is 11.5 Å². The topological polar surface area (TPSA) is 94.0 Å². The van der Waals surface area contributed by atoms with Crippen molar-refractivity contribution in [2.24, 2.45) is 16.9 Å². The molecule has 5 heteroatoms. The minimum absolute atomic E-state index is 0.189. The second-order valence-corrected chi connectivity index (χ2v) is 5.41. The molecule has 5 nitrogen and oxygen atoms in total. The molecule has 0 aromatic carbocycles. The highest BCUT2D eigenvalue weighted by atomic mass is 16.1. The molecule has 1 heterocycles. The molecule has 0 unspecified atom stereocenters. The predicted molar refractivity (Wildman–Crippen MR) is 75.8 cm³/mol. The van der Waals surface area contributed by atoms with Gasteiger partial charge in [0.1, 0.15) is 5.69 Å². The highest BCUT2D eigenvalue weighted by molar-refractivity contribution is 5.91. The molecule has 0 saturated heterocycles. The zero-order valence-corrected chi connectivity index (χ0v) is 11.2. The molecule has 0 atom stereocenters. The van der Waals surface area contributed by atoms with E-state index in [0.29, 0.717) is 6.54 Å². The fraction of sp³-hybridized carbons (Fsp3) is 0.571. The van der Waals surface area contributed by atoms with Crippen LogP contribution < -0.4 is 16.8 Å². The van der Waals surface area contributed by atoms with Crippen LogP contribution in [0.2, 0.25) is 0 Å². The zero-order chi connectivity index (χ0) is 13.7. The van der Waals surface area contributed by atoms with Gasteiger partial charge in [0.2, 0.25) is 0 Å². The highest BCUT2D eigenvalue weighted by Gasteiger charge is 2.30. The molecular weight excluding hydrogens is 240 g/mol. The van der Waals surface area contributed by atoms with Gasteiger partial charge in [0.05, 0.1) is 0 Å². The summed E-state index contributed by atoms with van der Waals surface area (Å²) in [4.78, 5) is 15.0. The molecule has 2 rings (SSSR count). The van der Waals surface area contributed by atoms with E-state index in [1.807, 2.05) is 6.07 Å². The molecule has 1 fully saturated rings. The van der Waals surface area contributed by atoms with Crippen molar-refractivity contribution in [1.82, 2.24) is 4.98 Å². The van der Waals surface area contributed by atoms with Crippen LogP contribution in [0.1, 0.15) is 42.6 Å². The minimum atomic E-state index is -0.505. The molecule has 19 heavy (non-hydrogen) atoms. The van der Waals surface area contributed by atoms with Gasteiger partial charge in [0.15, 0.2) is 0 Å². The third kappa shape index (κ3) is 3.44. The molecule has 0 spiro atoms. The zero-order valence-electron chi connectivity index (χ0n) is 11.2. The molecule has 1 aromatic rings. The largest absolute Gasteiger partial charge is 0.384 e. The standard InChI is InChI=1S/C14H22N4O/c15-9-14(5-2-1-3-6-14)10-18-11-4-7-17-12(8-11)13(16)19/h4,7-8H,1-3,5-6,9-10,15H2,(H2,16,19)(H,17,18). The Bertz CT molecular complexity index is 441. The number of amides is 1. The maximum absolute atomic E-state index is 11.1. The van der Waals surface area contributed by atoms with Crippen molar-refractivity contribution >= 4 is 11.6 Å². The van der Waals surface area contributed by atoms with Gasteiger partial charge in [-0.15, -0.1) is 0 Å². The number of nitrogens with zero attached hydrogens (tertiary/aromatic N) is 1. The quantitative estimate of drug-likeness (QED) is 0.749. The van der Waals surface area contributed by atoms with Gasteiger partial charge in [-0.2, -0.15) is 0 Å². The average molecular weight is 262 g/mol. The van der Waals surface area contributed by atoms with Gasteiger partial charge in [-0.25, -0.2) is 0 Å². The summed E-state index contributed by atoms with van der Waals surface area (Å²) in [5.41, 5.74) is 12.5. The second-order valence-electron chi connectivity index (χ2n) is 5.41. The Balaban J connectivity index is 2.00. The van der Waals surface area contributed by atoms with Crippen molar-refractivity contribution in [3.8, 4) is 0 Å². The van der Waals surface area contributed by atoms with Crippen LogP contribution in [-0.2, 0) is 0 Å². The normalized spacial score (nSPS) is 17.9. The number of pyridine rings is 1. The van der Waals surface area contributed by atoms with Crippen molar-refractivity contribution in [2.75, 3.05) is 18.4 Å². The predicted octanol–water partition coefficient (Wildman–Crippen LogP) is 1.50. The van der Waals surface area contributed by atoms with E-state index < -0.39 is 5.91 Å². The minimum Gasteiger partial charge on any atom is -0.384 e. The van der Waals surface area contributed by atoms with Gasteiger partial charge in [-0.05, 0) is 36.9 Å². The fourth-order valence-corrected chi connectivity index (χ4v) is 2.72. The summed E-state index contributed by atoms with van der Waals surface area (Å²) in [6.07, 6.45) is 7.75. The summed E-state index contributed by atoms with van der Waals surface area (Å²) in [6.45, 7) is 1.54. The fourth-order valence-electron chi connectivity index (χ4n) is 2.72. The van der Waals surface area contributed by atoms with Crippen LogP contribution in [0.3, 0.4) is 0 Å². The summed E-state index contributed by atoms with van der Waals surface area (Å²) in [5.74, 6) is -0.505. The number of carbonyl (C=O) groups is 1. The summed E-state index contributed by atoms with van der Waals surface area (Å²) < 4.78 is 0. The smallest absolute Gasteiger partial charge is 0.267 e. The lowest BCUT2D eigenvalue weighted by molar-refractivity contribution is 0.0995. The lowest BCUT2D eigenvalue weighted by atomic mass is 9.74. The Labute approximate surface area is 113 Å². The maximum Gasteiger partial charge on any atom is 0.267 e. The summed E-state index contributed by atoms with van der Waals surface area (Å²) >= 11 is 0. The number of nitrogens with two attached hydrogens (primary N) is 2. The monoisotopic (exact) mass is 262 g/mol. The molecule has 5 N–H and O–H groups in total. The van der Waals surface area contributed by atoms with Crippen LogP contribution in [0.5, 0.6) is 0 Å². The van der Waals surface area contributed by atoms with Crippen molar-refractivity contribution in [1.29, 1.82) is 0 Å². The molecule has 0 bridgehead atoms. The molecule has 1 aliphatic rings. The van der Waals surface area contributed by atoms with E-state index in [9.17, 15) is 4.79 Å². The first kappa shape index (κ1) is 13.8. The van der Waals surface area contributed by atoms with Crippen LogP contribution in [0.4, 0.5) is 5.69 Å².